The highest BCUT2D eigenvalue weighted by Crippen LogP contribution is 2.35. The minimum Gasteiger partial charge on any atom is -0.457 e. The minimum absolute atomic E-state index is 0.0951. The number of β-amino-alcohol motifs (C(OH)–C–C–N with tert-alkyl or cyclic N) is 1. The summed E-state index contributed by atoms with van der Waals surface area (Å²) in [5.41, 5.74) is 4.26. The summed E-state index contributed by atoms with van der Waals surface area (Å²) in [7, 11) is 0. The molecule has 2 aromatic heterocycles. The van der Waals surface area contributed by atoms with Crippen molar-refractivity contribution in [1.29, 1.82) is 0 Å². The number of pyridine rings is 1. The molecule has 3 atom stereocenters. The average molecular weight is 476 g/mol. The van der Waals surface area contributed by atoms with Crippen LogP contribution in [0.25, 0.3) is 5.69 Å². The number of ether oxygens (including phenoxy) is 1. The lowest BCUT2D eigenvalue weighted by atomic mass is 9.95. The molecule has 0 spiro atoms. The van der Waals surface area contributed by atoms with Crippen molar-refractivity contribution < 1.29 is 19.4 Å². The first-order chi connectivity index (χ1) is 17.0. The molecule has 35 heavy (non-hydrogen) atoms. The molecule has 6 rings (SSSR count). The minimum atomic E-state index is -0.681. The number of hydrogen-bond donors (Lipinski definition) is 1. The second-order valence-corrected chi connectivity index (χ2v) is 9.38. The average Bonchev–Trinajstić information content (AvgIpc) is 3.66. The topological polar surface area (TPSA) is 127 Å². The van der Waals surface area contributed by atoms with E-state index >= 15 is 0 Å². The van der Waals surface area contributed by atoms with Gasteiger partial charge >= 0.3 is 5.97 Å². The van der Waals surface area contributed by atoms with Gasteiger partial charge in [-0.2, -0.15) is 4.68 Å². The van der Waals surface area contributed by atoms with E-state index in [1.54, 1.807) is 24.4 Å². The van der Waals surface area contributed by atoms with E-state index in [9.17, 15) is 14.7 Å². The maximum atomic E-state index is 13.1. The van der Waals surface area contributed by atoms with Gasteiger partial charge in [-0.25, -0.2) is 9.78 Å². The quantitative estimate of drug-likeness (QED) is 0.536. The van der Waals surface area contributed by atoms with E-state index < -0.39 is 6.10 Å². The fraction of sp³-hybridized carbons (Fsp3) is 0.417. The van der Waals surface area contributed by atoms with Gasteiger partial charge in [-0.05, 0) is 65.6 Å². The Labute approximate surface area is 201 Å². The highest BCUT2D eigenvalue weighted by Gasteiger charge is 2.43. The number of hydrogen-bond acceptors (Lipinski definition) is 9. The number of aliphatic hydroxyl groups excluding tert-OH is 1. The molecule has 3 aliphatic rings. The van der Waals surface area contributed by atoms with Crippen LogP contribution in [0, 0.1) is 12.8 Å². The smallest absolute Gasteiger partial charge is 0.338 e. The number of likely N-dealkylation sites (tertiary alicyclic amines) is 2. The Morgan fingerprint density at radius 3 is 2.91 bits per heavy atom. The van der Waals surface area contributed by atoms with Crippen molar-refractivity contribution in [3.05, 3.63) is 64.7 Å². The molecule has 0 saturated carbocycles. The number of aromatic nitrogens is 5. The van der Waals surface area contributed by atoms with Crippen molar-refractivity contribution in [2.75, 3.05) is 26.2 Å². The maximum absolute atomic E-state index is 13.1. The number of esters is 1. The summed E-state index contributed by atoms with van der Waals surface area (Å²) in [4.78, 5) is 33.4. The molecular formula is C24H25N7O4. The Hall–Kier alpha value is -3.70. The summed E-state index contributed by atoms with van der Waals surface area (Å²) in [6, 6.07) is 7.24. The maximum Gasteiger partial charge on any atom is 0.338 e. The van der Waals surface area contributed by atoms with Crippen LogP contribution in [-0.2, 0) is 11.3 Å². The second kappa shape index (κ2) is 8.51. The van der Waals surface area contributed by atoms with E-state index in [4.69, 9.17) is 4.74 Å². The van der Waals surface area contributed by atoms with Gasteiger partial charge in [0.15, 0.2) is 0 Å². The number of tetrazole rings is 1. The molecule has 180 valence electrons. The molecule has 3 aliphatic heterocycles. The summed E-state index contributed by atoms with van der Waals surface area (Å²) < 4.78 is 6.63. The molecular weight excluding hydrogens is 450 g/mol. The predicted octanol–water partition coefficient (Wildman–Crippen LogP) is 0.916. The molecule has 0 aliphatic carbocycles. The predicted molar refractivity (Wildman–Crippen MR) is 122 cm³/mol. The molecule has 1 aromatic carbocycles. The van der Waals surface area contributed by atoms with E-state index in [1.165, 1.54) is 11.0 Å². The van der Waals surface area contributed by atoms with Crippen LogP contribution in [-0.4, -0.2) is 84.2 Å². The number of fused-ring (bicyclic) bond motifs is 2. The number of nitrogens with zero attached hydrogens (tertiary/aromatic N) is 7. The highest BCUT2D eigenvalue weighted by atomic mass is 16.5. The van der Waals surface area contributed by atoms with Crippen LogP contribution in [0.5, 0.6) is 0 Å². The first-order valence-corrected chi connectivity index (χ1v) is 11.7. The Morgan fingerprint density at radius 1 is 1.26 bits per heavy atom. The van der Waals surface area contributed by atoms with Crippen LogP contribution in [0.4, 0.5) is 0 Å². The number of aliphatic hydroxyl groups is 1. The van der Waals surface area contributed by atoms with Gasteiger partial charge in [0.1, 0.15) is 18.6 Å². The largest absolute Gasteiger partial charge is 0.457 e. The summed E-state index contributed by atoms with van der Waals surface area (Å²) in [5.74, 6) is -0.0251. The summed E-state index contributed by atoms with van der Waals surface area (Å²) in [5, 5.41) is 22.1. The molecule has 0 radical (unpaired) electrons. The second-order valence-electron chi connectivity index (χ2n) is 9.38. The molecule has 2 saturated heterocycles. The third-order valence-corrected chi connectivity index (χ3v) is 7.50. The van der Waals surface area contributed by atoms with Gasteiger partial charge < -0.3 is 14.7 Å². The monoisotopic (exact) mass is 475 g/mol. The normalized spacial score (nSPS) is 22.2. The van der Waals surface area contributed by atoms with E-state index in [0.717, 1.165) is 29.7 Å². The number of cyclic esters (lactones) is 1. The van der Waals surface area contributed by atoms with Crippen molar-refractivity contribution >= 4 is 11.9 Å². The van der Waals surface area contributed by atoms with Gasteiger partial charge in [-0.15, -0.1) is 5.10 Å². The lowest BCUT2D eigenvalue weighted by molar-refractivity contribution is 0.0534. The molecule has 1 N–H and O–H groups in total. The standard InChI is InChI=1S/C24H25N7O4/c1-14-17(3-4-18-19(14)12-35-24(18)34)22(32)11-29-7-6-15-9-30(10-21(15)29)23(33)20-5-2-16(8-25-20)31-13-26-27-28-31/h2-5,8,13,15,21-22,32H,6-7,9-12H2,1H3. The van der Waals surface area contributed by atoms with Crippen molar-refractivity contribution in [3.63, 3.8) is 0 Å². The van der Waals surface area contributed by atoms with Crippen molar-refractivity contribution in [2.24, 2.45) is 5.92 Å². The third kappa shape index (κ3) is 3.76. The van der Waals surface area contributed by atoms with Gasteiger partial charge in [0.05, 0.1) is 23.6 Å². The van der Waals surface area contributed by atoms with Crippen molar-refractivity contribution in [3.8, 4) is 5.69 Å². The third-order valence-electron chi connectivity index (χ3n) is 7.50. The Kier molecular flexibility index (Phi) is 5.30. The van der Waals surface area contributed by atoms with E-state index in [2.05, 4.69) is 25.4 Å². The van der Waals surface area contributed by atoms with Crippen LogP contribution < -0.4 is 0 Å². The summed E-state index contributed by atoms with van der Waals surface area (Å²) in [6.45, 7) is 4.86. The first-order valence-electron chi connectivity index (χ1n) is 11.7. The van der Waals surface area contributed by atoms with Crippen LogP contribution in [0.2, 0.25) is 0 Å². The molecule has 3 aromatic rings. The molecule has 2 fully saturated rings. The van der Waals surface area contributed by atoms with Crippen LogP contribution in [0.1, 0.15) is 50.1 Å². The first kappa shape index (κ1) is 21.8. The molecule has 5 heterocycles. The lowest BCUT2D eigenvalue weighted by Crippen LogP contribution is -2.39. The Balaban J connectivity index is 1.12. The van der Waals surface area contributed by atoms with Gasteiger partial charge in [0, 0.05) is 31.2 Å². The van der Waals surface area contributed by atoms with Crippen molar-refractivity contribution in [1.82, 2.24) is 35.0 Å². The number of benzene rings is 1. The Bertz CT molecular complexity index is 1280. The van der Waals surface area contributed by atoms with E-state index in [1.807, 2.05) is 17.9 Å². The van der Waals surface area contributed by atoms with Gasteiger partial charge in [0.25, 0.3) is 5.91 Å². The number of rotatable bonds is 5. The zero-order valence-corrected chi connectivity index (χ0v) is 19.2. The van der Waals surface area contributed by atoms with Gasteiger partial charge in [-0.3, -0.25) is 9.69 Å². The van der Waals surface area contributed by atoms with Gasteiger partial charge in [-0.1, -0.05) is 6.07 Å². The summed E-state index contributed by atoms with van der Waals surface area (Å²) in [6.07, 6.45) is 3.36. The number of amides is 1. The zero-order chi connectivity index (χ0) is 24.1. The number of carbonyl (C=O) groups is 2. The van der Waals surface area contributed by atoms with Crippen LogP contribution in [0.3, 0.4) is 0 Å². The SMILES string of the molecule is Cc1c(C(O)CN2CCC3CN(C(=O)c4ccc(-n5cnnn5)cn4)CC32)ccc2c1COC2=O. The van der Waals surface area contributed by atoms with Crippen molar-refractivity contribution in [2.45, 2.75) is 32.1 Å². The highest BCUT2D eigenvalue weighted by molar-refractivity contribution is 5.94. The van der Waals surface area contributed by atoms with Gasteiger partial charge in [0.2, 0.25) is 0 Å². The molecule has 11 heteroatoms. The summed E-state index contributed by atoms with van der Waals surface area (Å²) >= 11 is 0. The molecule has 3 unspecified atom stereocenters. The zero-order valence-electron chi connectivity index (χ0n) is 19.2. The fourth-order valence-corrected chi connectivity index (χ4v) is 5.58. The Morgan fingerprint density at radius 2 is 2.14 bits per heavy atom. The molecule has 1 amide bonds. The molecule has 11 nitrogen and oxygen atoms in total. The van der Waals surface area contributed by atoms with Crippen LogP contribution >= 0.6 is 0 Å². The number of carbonyl (C=O) groups excluding carboxylic acids is 2. The fourth-order valence-electron chi connectivity index (χ4n) is 5.58. The van der Waals surface area contributed by atoms with Crippen LogP contribution in [0.15, 0.2) is 36.8 Å². The lowest BCUT2D eigenvalue weighted by Gasteiger charge is -2.27. The van der Waals surface area contributed by atoms with E-state index in [0.29, 0.717) is 42.5 Å². The van der Waals surface area contributed by atoms with E-state index in [-0.39, 0.29) is 24.5 Å². The molecule has 0 bridgehead atoms.